The molecule has 3 atom stereocenters. The van der Waals surface area contributed by atoms with Gasteiger partial charge in [0, 0.05) is 18.4 Å². The molecule has 0 bridgehead atoms. The van der Waals surface area contributed by atoms with Crippen molar-refractivity contribution in [2.45, 2.75) is 70.4 Å². The van der Waals surface area contributed by atoms with Gasteiger partial charge in [0.25, 0.3) is 0 Å². The summed E-state index contributed by atoms with van der Waals surface area (Å²) in [6.45, 7) is 5.87. The molecule has 2 nitrogen and oxygen atoms in total. The first-order valence-corrected chi connectivity index (χ1v) is 10.1. The first-order valence-electron chi connectivity index (χ1n) is 8.93. The lowest BCUT2D eigenvalue weighted by molar-refractivity contribution is -0.0896. The van der Waals surface area contributed by atoms with Crippen LogP contribution in [0.25, 0.3) is 0 Å². The maximum absolute atomic E-state index is 6.22. The molecular formula is C18H33NOS. The predicted molar refractivity (Wildman–Crippen MR) is 91.9 cm³/mol. The van der Waals surface area contributed by atoms with Crippen molar-refractivity contribution in [3.63, 3.8) is 0 Å². The molecule has 3 fully saturated rings. The van der Waals surface area contributed by atoms with Gasteiger partial charge < -0.3 is 10.1 Å². The molecule has 2 aliphatic heterocycles. The van der Waals surface area contributed by atoms with Gasteiger partial charge in [-0.1, -0.05) is 13.8 Å². The van der Waals surface area contributed by atoms with Crippen molar-refractivity contribution in [3.8, 4) is 0 Å². The molecule has 0 aromatic heterocycles. The molecule has 1 N–H and O–H groups in total. The molecular weight excluding hydrogens is 278 g/mol. The third kappa shape index (κ3) is 3.61. The first-order chi connectivity index (χ1) is 10.0. The van der Waals surface area contributed by atoms with Gasteiger partial charge in [-0.05, 0) is 75.0 Å². The number of rotatable bonds is 3. The van der Waals surface area contributed by atoms with Crippen molar-refractivity contribution in [1.29, 1.82) is 0 Å². The van der Waals surface area contributed by atoms with Crippen molar-refractivity contribution in [3.05, 3.63) is 0 Å². The number of ether oxygens (including phenoxy) is 1. The summed E-state index contributed by atoms with van der Waals surface area (Å²) < 4.78 is 6.22. The van der Waals surface area contributed by atoms with Crippen LogP contribution in [0.3, 0.4) is 0 Å². The predicted octanol–water partition coefficient (Wildman–Crippen LogP) is 4.09. The highest BCUT2D eigenvalue weighted by Crippen LogP contribution is 2.45. The Morgan fingerprint density at radius 2 is 1.86 bits per heavy atom. The molecule has 2 heterocycles. The standard InChI is InChI=1S/C18H33NOS/c1-17(2)7-4-14(5-8-17)16(19-3)15-6-10-20-18(12-15)9-11-21-13-18/h14-16,19H,4-13H2,1-3H3. The van der Waals surface area contributed by atoms with Gasteiger partial charge in [0.2, 0.25) is 0 Å². The third-order valence-corrected chi connectivity index (χ3v) is 7.55. The van der Waals surface area contributed by atoms with E-state index >= 15 is 0 Å². The quantitative estimate of drug-likeness (QED) is 0.848. The van der Waals surface area contributed by atoms with Crippen molar-refractivity contribution in [2.75, 3.05) is 25.2 Å². The minimum Gasteiger partial charge on any atom is -0.374 e. The monoisotopic (exact) mass is 311 g/mol. The van der Waals surface area contributed by atoms with Gasteiger partial charge in [-0.25, -0.2) is 0 Å². The SMILES string of the molecule is CNC(C1CCC(C)(C)CC1)C1CCOC2(CCSC2)C1. The zero-order chi connectivity index (χ0) is 14.9. The smallest absolute Gasteiger partial charge is 0.0783 e. The van der Waals surface area contributed by atoms with Crippen LogP contribution in [0.15, 0.2) is 0 Å². The summed E-state index contributed by atoms with van der Waals surface area (Å²) in [7, 11) is 2.19. The summed E-state index contributed by atoms with van der Waals surface area (Å²) in [6.07, 6.45) is 9.47. The molecule has 3 rings (SSSR count). The number of nitrogens with one attached hydrogen (secondary N) is 1. The second-order valence-electron chi connectivity index (χ2n) is 8.40. The van der Waals surface area contributed by atoms with Crippen LogP contribution in [-0.2, 0) is 4.74 Å². The van der Waals surface area contributed by atoms with Crippen molar-refractivity contribution < 1.29 is 4.74 Å². The van der Waals surface area contributed by atoms with Crippen LogP contribution in [-0.4, -0.2) is 36.8 Å². The van der Waals surface area contributed by atoms with E-state index < -0.39 is 0 Å². The van der Waals surface area contributed by atoms with Gasteiger partial charge in [-0.2, -0.15) is 11.8 Å². The molecule has 3 unspecified atom stereocenters. The van der Waals surface area contributed by atoms with Crippen LogP contribution < -0.4 is 5.32 Å². The van der Waals surface area contributed by atoms with E-state index in [9.17, 15) is 0 Å². The maximum atomic E-state index is 6.22. The summed E-state index contributed by atoms with van der Waals surface area (Å²) >= 11 is 2.09. The van der Waals surface area contributed by atoms with Crippen LogP contribution >= 0.6 is 11.8 Å². The molecule has 3 heteroatoms. The zero-order valence-electron chi connectivity index (χ0n) is 14.1. The fraction of sp³-hybridized carbons (Fsp3) is 1.00. The van der Waals surface area contributed by atoms with Gasteiger partial charge in [-0.3, -0.25) is 0 Å². The summed E-state index contributed by atoms with van der Waals surface area (Å²) in [5, 5.41) is 3.71. The summed E-state index contributed by atoms with van der Waals surface area (Å²) in [4.78, 5) is 0. The summed E-state index contributed by atoms with van der Waals surface area (Å²) in [5.41, 5.74) is 0.810. The van der Waals surface area contributed by atoms with E-state index in [-0.39, 0.29) is 5.60 Å². The second-order valence-corrected chi connectivity index (χ2v) is 9.51. The van der Waals surface area contributed by atoms with Gasteiger partial charge in [0.05, 0.1) is 5.60 Å². The lowest BCUT2D eigenvalue weighted by Crippen LogP contribution is -2.49. The third-order valence-electron chi connectivity index (χ3n) is 6.33. The molecule has 1 aliphatic carbocycles. The molecule has 0 aromatic carbocycles. The Kier molecular flexibility index (Phi) is 4.93. The van der Waals surface area contributed by atoms with E-state index in [1.54, 1.807) is 0 Å². The molecule has 0 amide bonds. The summed E-state index contributed by atoms with van der Waals surface area (Å²) in [6, 6.07) is 0.715. The van der Waals surface area contributed by atoms with E-state index in [1.165, 1.54) is 56.5 Å². The Hall–Kier alpha value is 0.270. The van der Waals surface area contributed by atoms with Crippen molar-refractivity contribution in [2.24, 2.45) is 17.3 Å². The minimum absolute atomic E-state index is 0.233. The molecule has 0 radical (unpaired) electrons. The Bertz CT molecular complexity index is 341. The van der Waals surface area contributed by atoms with Crippen LogP contribution in [0.4, 0.5) is 0 Å². The van der Waals surface area contributed by atoms with E-state index in [0.717, 1.165) is 18.4 Å². The van der Waals surface area contributed by atoms with Gasteiger partial charge in [0.15, 0.2) is 0 Å². The largest absolute Gasteiger partial charge is 0.374 e. The normalized spacial score (nSPS) is 38.7. The lowest BCUT2D eigenvalue weighted by Gasteiger charge is -2.45. The average molecular weight is 312 g/mol. The Morgan fingerprint density at radius 3 is 2.48 bits per heavy atom. The van der Waals surface area contributed by atoms with Crippen molar-refractivity contribution in [1.82, 2.24) is 5.32 Å². The molecule has 21 heavy (non-hydrogen) atoms. The van der Waals surface area contributed by atoms with E-state index in [2.05, 4.69) is 38.0 Å². The Morgan fingerprint density at radius 1 is 1.10 bits per heavy atom. The van der Waals surface area contributed by atoms with Crippen molar-refractivity contribution >= 4 is 11.8 Å². The number of hydrogen-bond acceptors (Lipinski definition) is 3. The molecule has 3 aliphatic rings. The highest BCUT2D eigenvalue weighted by Gasteiger charge is 2.44. The Balaban J connectivity index is 1.63. The van der Waals surface area contributed by atoms with Crippen LogP contribution in [0.1, 0.15) is 58.8 Å². The molecule has 1 saturated carbocycles. The van der Waals surface area contributed by atoms with Crippen LogP contribution in [0, 0.1) is 17.3 Å². The molecule has 2 saturated heterocycles. The zero-order valence-corrected chi connectivity index (χ0v) is 14.9. The topological polar surface area (TPSA) is 21.3 Å². The summed E-state index contributed by atoms with van der Waals surface area (Å²) in [5.74, 6) is 4.25. The van der Waals surface area contributed by atoms with Gasteiger partial charge in [0.1, 0.15) is 0 Å². The molecule has 1 spiro atoms. The minimum atomic E-state index is 0.233. The van der Waals surface area contributed by atoms with Gasteiger partial charge in [-0.15, -0.1) is 0 Å². The van der Waals surface area contributed by atoms with Gasteiger partial charge >= 0.3 is 0 Å². The molecule has 122 valence electrons. The van der Waals surface area contributed by atoms with E-state index in [4.69, 9.17) is 4.74 Å². The fourth-order valence-electron chi connectivity index (χ4n) is 4.87. The highest BCUT2D eigenvalue weighted by molar-refractivity contribution is 7.99. The Labute approximate surface area is 135 Å². The number of thioether (sulfide) groups is 1. The maximum Gasteiger partial charge on any atom is 0.0783 e. The fourth-order valence-corrected chi connectivity index (χ4v) is 6.25. The van der Waals surface area contributed by atoms with E-state index in [0.29, 0.717) is 11.5 Å². The number of hydrogen-bond donors (Lipinski definition) is 1. The lowest BCUT2D eigenvalue weighted by atomic mass is 9.67. The first kappa shape index (κ1) is 16.1. The van der Waals surface area contributed by atoms with Crippen LogP contribution in [0.5, 0.6) is 0 Å². The average Bonchev–Trinajstić information content (AvgIpc) is 2.89. The highest BCUT2D eigenvalue weighted by atomic mass is 32.2. The van der Waals surface area contributed by atoms with E-state index in [1.807, 2.05) is 0 Å². The second kappa shape index (κ2) is 6.41. The van der Waals surface area contributed by atoms with Crippen LogP contribution in [0.2, 0.25) is 0 Å². The molecule has 0 aromatic rings.